The highest BCUT2D eigenvalue weighted by Crippen LogP contribution is 2.39. The summed E-state index contributed by atoms with van der Waals surface area (Å²) < 4.78 is 5.26. The molecule has 34 heavy (non-hydrogen) atoms. The highest BCUT2D eigenvalue weighted by atomic mass is 32.2. The first-order chi connectivity index (χ1) is 16.4. The first-order valence-electron chi connectivity index (χ1n) is 10.4. The molecule has 0 saturated carbocycles. The smallest absolute Gasteiger partial charge is 0.336 e. The van der Waals surface area contributed by atoms with Gasteiger partial charge < -0.3 is 15.0 Å². The number of nitro benzene ring substituents is 1. The zero-order valence-corrected chi connectivity index (χ0v) is 19.2. The van der Waals surface area contributed by atoms with Crippen molar-refractivity contribution < 1.29 is 14.5 Å². The van der Waals surface area contributed by atoms with E-state index in [4.69, 9.17) is 4.74 Å². The quantitative estimate of drug-likeness (QED) is 0.170. The van der Waals surface area contributed by atoms with E-state index in [-0.39, 0.29) is 17.9 Å². The molecule has 0 aliphatic carbocycles. The number of rotatable bonds is 7. The second-order valence-corrected chi connectivity index (χ2v) is 8.41. The fourth-order valence-corrected chi connectivity index (χ4v) is 4.54. The Bertz CT molecular complexity index is 1320. The minimum Gasteiger partial charge on any atom is -0.463 e. The molecule has 1 atom stereocenters. The fourth-order valence-electron chi connectivity index (χ4n) is 3.72. The Morgan fingerprint density at radius 1 is 1.26 bits per heavy atom. The van der Waals surface area contributed by atoms with Crippen molar-refractivity contribution in [2.24, 2.45) is 0 Å². The van der Waals surface area contributed by atoms with Crippen LogP contribution in [0.5, 0.6) is 0 Å². The van der Waals surface area contributed by atoms with Gasteiger partial charge in [-0.15, -0.1) is 0 Å². The van der Waals surface area contributed by atoms with Crippen molar-refractivity contribution >= 4 is 29.2 Å². The predicted molar refractivity (Wildman–Crippen MR) is 127 cm³/mol. The lowest BCUT2D eigenvalue weighted by Gasteiger charge is -2.28. The molecule has 1 aliphatic rings. The Balaban J connectivity index is 1.68. The van der Waals surface area contributed by atoms with Crippen LogP contribution >= 0.6 is 11.8 Å². The number of nitrogens with zero attached hydrogens (tertiary/aromatic N) is 3. The van der Waals surface area contributed by atoms with Crippen molar-refractivity contribution in [1.29, 1.82) is 0 Å². The number of thioether (sulfide) groups is 1. The third-order valence-electron chi connectivity index (χ3n) is 5.26. The largest absolute Gasteiger partial charge is 0.463 e. The number of nitro groups is 1. The number of H-pyrrole nitrogens is 1. The van der Waals surface area contributed by atoms with E-state index >= 15 is 0 Å². The number of hydrogen-bond acceptors (Lipinski definition) is 9. The first-order valence-corrected chi connectivity index (χ1v) is 11.4. The number of nitrogens with one attached hydrogen (secondary N) is 2. The highest BCUT2D eigenvalue weighted by Gasteiger charge is 2.36. The molecule has 1 unspecified atom stereocenters. The molecule has 3 heterocycles. The molecular formula is C23H21N5O5S. The zero-order chi connectivity index (χ0) is 24.2. The molecule has 0 fully saturated rings. The first kappa shape index (κ1) is 23.2. The molecule has 0 bridgehead atoms. The molecule has 0 saturated heterocycles. The summed E-state index contributed by atoms with van der Waals surface area (Å²) >= 11 is 1.29. The van der Waals surface area contributed by atoms with Gasteiger partial charge in [-0.3, -0.25) is 19.9 Å². The van der Waals surface area contributed by atoms with E-state index in [1.165, 1.54) is 23.9 Å². The molecule has 4 rings (SSSR count). The number of anilines is 1. The van der Waals surface area contributed by atoms with Crippen LogP contribution in [0.1, 0.15) is 36.5 Å². The Labute approximate surface area is 198 Å². The van der Waals surface area contributed by atoms with Gasteiger partial charge in [0.05, 0.1) is 28.6 Å². The van der Waals surface area contributed by atoms with Crippen LogP contribution in [-0.4, -0.2) is 32.5 Å². The summed E-state index contributed by atoms with van der Waals surface area (Å²) in [7, 11) is 0. The third kappa shape index (κ3) is 4.69. The molecule has 10 nitrogen and oxygen atoms in total. The molecule has 11 heteroatoms. The second kappa shape index (κ2) is 9.87. The number of non-ortho nitro benzene ring substituents is 1. The minimum absolute atomic E-state index is 0.0133. The van der Waals surface area contributed by atoms with Gasteiger partial charge in [0, 0.05) is 36.0 Å². The summed E-state index contributed by atoms with van der Waals surface area (Å²) in [6.07, 6.45) is 3.23. The van der Waals surface area contributed by atoms with Gasteiger partial charge in [0.2, 0.25) is 0 Å². The Morgan fingerprint density at radius 3 is 2.68 bits per heavy atom. The molecule has 3 aromatic rings. The third-order valence-corrected chi connectivity index (χ3v) is 6.20. The topological polar surface area (TPSA) is 140 Å². The van der Waals surface area contributed by atoms with E-state index in [1.54, 1.807) is 50.5 Å². The van der Waals surface area contributed by atoms with Gasteiger partial charge in [-0.2, -0.15) is 0 Å². The van der Waals surface area contributed by atoms with Gasteiger partial charge in [0.1, 0.15) is 5.82 Å². The zero-order valence-electron chi connectivity index (χ0n) is 18.4. The number of carbonyl (C=O) groups is 1. The summed E-state index contributed by atoms with van der Waals surface area (Å²) in [6.45, 7) is 3.67. The van der Waals surface area contributed by atoms with Crippen molar-refractivity contribution in [3.8, 4) is 0 Å². The number of allylic oxidation sites excluding steroid dienone is 1. The van der Waals surface area contributed by atoms with E-state index in [0.29, 0.717) is 39.1 Å². The molecule has 0 spiro atoms. The average molecular weight is 480 g/mol. The lowest BCUT2D eigenvalue weighted by Crippen LogP contribution is -2.31. The van der Waals surface area contributed by atoms with Crippen LogP contribution in [0.15, 0.2) is 70.0 Å². The summed E-state index contributed by atoms with van der Waals surface area (Å²) in [5.41, 5.74) is 2.33. The van der Waals surface area contributed by atoms with Crippen LogP contribution in [0.4, 0.5) is 11.5 Å². The molecular weight excluding hydrogens is 458 g/mol. The van der Waals surface area contributed by atoms with E-state index in [1.807, 2.05) is 0 Å². The number of hydrogen-bond donors (Lipinski definition) is 2. The fraction of sp³-hybridized carbons (Fsp3) is 0.217. The maximum absolute atomic E-state index is 13.2. The Hall–Kier alpha value is -3.99. The summed E-state index contributed by atoms with van der Waals surface area (Å²) in [5, 5.41) is 14.3. The molecule has 0 amide bonds. The monoisotopic (exact) mass is 479 g/mol. The summed E-state index contributed by atoms with van der Waals surface area (Å²) in [5.74, 6) is -0.388. The molecule has 2 N–H and O–H groups in total. The van der Waals surface area contributed by atoms with E-state index in [2.05, 4.69) is 20.3 Å². The SMILES string of the molecule is CCOC(=O)C1=C(C)Nc2nc(SCc3ccc([N+](=O)[O-])cc3)[nH]c(=O)c2C1c1cccnc1. The number of aromatic nitrogens is 3. The highest BCUT2D eigenvalue weighted by molar-refractivity contribution is 7.98. The van der Waals surface area contributed by atoms with Crippen LogP contribution in [0.3, 0.4) is 0 Å². The van der Waals surface area contributed by atoms with Gasteiger partial charge >= 0.3 is 5.97 Å². The lowest BCUT2D eigenvalue weighted by atomic mass is 9.83. The standard InChI is InChI=1S/C23H21N5O5S/c1-3-33-22(30)17-13(2)25-20-19(18(17)15-5-4-10-24-11-15)21(29)27-23(26-20)34-12-14-6-8-16(9-7-14)28(31)32/h4-11,18H,3,12H2,1-2H3,(H2,25,26,27,29). The van der Waals surface area contributed by atoms with Gasteiger partial charge in [0.15, 0.2) is 5.16 Å². The number of carbonyl (C=O) groups excluding carboxylic acids is 1. The molecule has 2 aromatic heterocycles. The summed E-state index contributed by atoms with van der Waals surface area (Å²) in [4.78, 5) is 47.9. The van der Waals surface area contributed by atoms with E-state index in [9.17, 15) is 19.7 Å². The van der Waals surface area contributed by atoms with E-state index < -0.39 is 16.8 Å². The number of esters is 1. The van der Waals surface area contributed by atoms with Crippen molar-refractivity contribution in [1.82, 2.24) is 15.0 Å². The number of pyridine rings is 1. The van der Waals surface area contributed by atoms with Crippen LogP contribution < -0.4 is 10.9 Å². The van der Waals surface area contributed by atoms with Crippen LogP contribution in [0.25, 0.3) is 0 Å². The van der Waals surface area contributed by atoms with Gasteiger partial charge in [-0.05, 0) is 31.0 Å². The molecule has 174 valence electrons. The van der Waals surface area contributed by atoms with Crippen LogP contribution in [0.2, 0.25) is 0 Å². The van der Waals surface area contributed by atoms with Gasteiger partial charge in [-0.25, -0.2) is 9.78 Å². The second-order valence-electron chi connectivity index (χ2n) is 7.45. The number of ether oxygens (including phenoxy) is 1. The number of fused-ring (bicyclic) bond motifs is 1. The molecule has 1 aromatic carbocycles. The molecule has 0 radical (unpaired) electrons. The van der Waals surface area contributed by atoms with Crippen molar-refractivity contribution in [3.05, 3.63) is 97.2 Å². The predicted octanol–water partition coefficient (Wildman–Crippen LogP) is 3.76. The Morgan fingerprint density at radius 2 is 2.03 bits per heavy atom. The number of aromatic amines is 1. The van der Waals surface area contributed by atoms with Gasteiger partial charge in [-0.1, -0.05) is 30.0 Å². The normalized spacial score (nSPS) is 14.8. The average Bonchev–Trinajstić information content (AvgIpc) is 2.82. The van der Waals surface area contributed by atoms with Gasteiger partial charge in [0.25, 0.3) is 11.2 Å². The van der Waals surface area contributed by atoms with Crippen molar-refractivity contribution in [2.75, 3.05) is 11.9 Å². The maximum atomic E-state index is 13.2. The number of benzene rings is 1. The lowest BCUT2D eigenvalue weighted by molar-refractivity contribution is -0.384. The summed E-state index contributed by atoms with van der Waals surface area (Å²) in [6, 6.07) is 9.74. The van der Waals surface area contributed by atoms with Crippen LogP contribution in [0, 0.1) is 10.1 Å². The minimum atomic E-state index is -0.686. The molecule has 1 aliphatic heterocycles. The van der Waals surface area contributed by atoms with Crippen molar-refractivity contribution in [3.63, 3.8) is 0 Å². The van der Waals surface area contributed by atoms with Crippen LogP contribution in [-0.2, 0) is 15.3 Å². The van der Waals surface area contributed by atoms with Crippen molar-refractivity contribution in [2.45, 2.75) is 30.7 Å². The van der Waals surface area contributed by atoms with E-state index in [0.717, 1.165) is 5.56 Å². The maximum Gasteiger partial charge on any atom is 0.336 e. The Kier molecular flexibility index (Phi) is 6.73.